The lowest BCUT2D eigenvalue weighted by atomic mass is 9.83. The van der Waals surface area contributed by atoms with Crippen LogP contribution in [-0.4, -0.2) is 33.9 Å². The molecule has 0 aliphatic rings. The second-order valence-corrected chi connectivity index (χ2v) is 9.17. The molecule has 1 aromatic carbocycles. The first-order chi connectivity index (χ1) is 13.3. The highest BCUT2D eigenvalue weighted by atomic mass is 35.5. The fourth-order valence-electron chi connectivity index (χ4n) is 3.19. The van der Waals surface area contributed by atoms with E-state index in [9.17, 15) is 4.79 Å². The molecule has 0 radical (unpaired) electrons. The Morgan fingerprint density at radius 3 is 2.64 bits per heavy atom. The van der Waals surface area contributed by atoms with Gasteiger partial charge in [0.05, 0.1) is 0 Å². The molecule has 28 heavy (non-hydrogen) atoms. The van der Waals surface area contributed by atoms with E-state index in [0.717, 1.165) is 16.3 Å². The topological polar surface area (TPSA) is 46.1 Å². The van der Waals surface area contributed by atoms with Crippen LogP contribution in [0.2, 0.25) is 5.02 Å². The lowest BCUT2D eigenvalue weighted by Crippen LogP contribution is -2.46. The summed E-state index contributed by atoms with van der Waals surface area (Å²) in [6.07, 6.45) is 2.48. The SMILES string of the molecule is CN(C(=O)c1csc(-c2cccc(Cl)c2)n1)[C@H](Cc1ccccn1)C(C)(C)C. The Labute approximate surface area is 175 Å². The molecule has 0 saturated heterocycles. The zero-order valence-electron chi connectivity index (χ0n) is 16.5. The highest BCUT2D eigenvalue weighted by molar-refractivity contribution is 7.13. The Hall–Kier alpha value is -2.24. The van der Waals surface area contributed by atoms with Gasteiger partial charge in [0.2, 0.25) is 0 Å². The predicted molar refractivity (Wildman–Crippen MR) is 116 cm³/mol. The quantitative estimate of drug-likeness (QED) is 0.547. The predicted octanol–water partition coefficient (Wildman–Crippen LogP) is 5.59. The van der Waals surface area contributed by atoms with Crippen molar-refractivity contribution < 1.29 is 4.79 Å². The van der Waals surface area contributed by atoms with Crippen molar-refractivity contribution >= 4 is 28.8 Å². The van der Waals surface area contributed by atoms with E-state index in [1.54, 1.807) is 11.1 Å². The number of thiazole rings is 1. The Bertz CT molecular complexity index is 950. The minimum Gasteiger partial charge on any atom is -0.336 e. The lowest BCUT2D eigenvalue weighted by Gasteiger charge is -2.37. The van der Waals surface area contributed by atoms with Crippen LogP contribution in [-0.2, 0) is 6.42 Å². The van der Waals surface area contributed by atoms with Crippen molar-refractivity contribution in [1.29, 1.82) is 0 Å². The molecule has 0 bridgehead atoms. The van der Waals surface area contributed by atoms with Crippen molar-refractivity contribution in [1.82, 2.24) is 14.9 Å². The van der Waals surface area contributed by atoms with Crippen molar-refractivity contribution in [2.24, 2.45) is 5.41 Å². The van der Waals surface area contributed by atoms with Crippen LogP contribution < -0.4 is 0 Å². The van der Waals surface area contributed by atoms with Crippen LogP contribution in [0.15, 0.2) is 54.0 Å². The van der Waals surface area contributed by atoms with E-state index in [1.807, 2.05) is 54.9 Å². The van der Waals surface area contributed by atoms with E-state index in [2.05, 4.69) is 30.7 Å². The van der Waals surface area contributed by atoms with Crippen LogP contribution in [0.1, 0.15) is 37.0 Å². The number of hydrogen-bond acceptors (Lipinski definition) is 4. The molecule has 0 N–H and O–H groups in total. The summed E-state index contributed by atoms with van der Waals surface area (Å²) in [6.45, 7) is 6.43. The van der Waals surface area contributed by atoms with Crippen molar-refractivity contribution in [3.05, 3.63) is 70.5 Å². The molecule has 0 fully saturated rings. The van der Waals surface area contributed by atoms with Crippen LogP contribution in [0.5, 0.6) is 0 Å². The maximum Gasteiger partial charge on any atom is 0.273 e. The molecule has 0 unspecified atom stereocenters. The van der Waals surface area contributed by atoms with Gasteiger partial charge in [-0.25, -0.2) is 4.98 Å². The van der Waals surface area contributed by atoms with Crippen LogP contribution in [0.4, 0.5) is 0 Å². The number of aromatic nitrogens is 2. The van der Waals surface area contributed by atoms with Gasteiger partial charge >= 0.3 is 0 Å². The smallest absolute Gasteiger partial charge is 0.273 e. The molecule has 3 aromatic rings. The van der Waals surface area contributed by atoms with Crippen molar-refractivity contribution in [3.63, 3.8) is 0 Å². The Balaban J connectivity index is 1.83. The molecule has 4 nitrogen and oxygen atoms in total. The minimum absolute atomic E-state index is 0.00813. The molecule has 0 spiro atoms. The third-order valence-corrected chi connectivity index (χ3v) is 5.84. The molecule has 146 valence electrons. The summed E-state index contributed by atoms with van der Waals surface area (Å²) in [5.41, 5.74) is 2.24. The summed E-state index contributed by atoms with van der Waals surface area (Å²) >= 11 is 7.53. The number of nitrogens with zero attached hydrogens (tertiary/aromatic N) is 3. The van der Waals surface area contributed by atoms with E-state index in [4.69, 9.17) is 11.6 Å². The van der Waals surface area contributed by atoms with Crippen molar-refractivity contribution in [2.45, 2.75) is 33.2 Å². The van der Waals surface area contributed by atoms with E-state index in [-0.39, 0.29) is 17.4 Å². The number of benzene rings is 1. The van der Waals surface area contributed by atoms with Crippen LogP contribution in [0.25, 0.3) is 10.6 Å². The first-order valence-electron chi connectivity index (χ1n) is 9.14. The number of hydrogen-bond donors (Lipinski definition) is 0. The van der Waals surface area contributed by atoms with Gasteiger partial charge in [0.25, 0.3) is 5.91 Å². The average molecular weight is 414 g/mol. The fourth-order valence-corrected chi connectivity index (χ4v) is 4.17. The first-order valence-corrected chi connectivity index (χ1v) is 10.4. The first kappa shape index (κ1) is 20.5. The van der Waals surface area contributed by atoms with Gasteiger partial charge in [-0.1, -0.05) is 50.6 Å². The van der Waals surface area contributed by atoms with Gasteiger partial charge in [-0.15, -0.1) is 11.3 Å². The maximum absolute atomic E-state index is 13.2. The standard InChI is InChI=1S/C22H24ClN3OS/c1-22(2,3)19(13-17-10-5-6-11-24-17)26(4)21(27)18-14-28-20(25-18)15-8-7-9-16(23)12-15/h5-12,14,19H,13H2,1-4H3/t19-/m1/s1. The number of rotatable bonds is 5. The van der Waals surface area contributed by atoms with Gasteiger partial charge in [-0.2, -0.15) is 0 Å². The molecular formula is C22H24ClN3OS. The largest absolute Gasteiger partial charge is 0.336 e. The zero-order valence-corrected chi connectivity index (χ0v) is 18.1. The molecule has 0 aliphatic carbocycles. The van der Waals surface area contributed by atoms with E-state index in [1.165, 1.54) is 11.3 Å². The van der Waals surface area contributed by atoms with Gasteiger partial charge in [-0.3, -0.25) is 9.78 Å². The molecule has 0 aliphatic heterocycles. The molecule has 1 amide bonds. The summed E-state index contributed by atoms with van der Waals surface area (Å²) in [7, 11) is 1.85. The average Bonchev–Trinajstić information content (AvgIpc) is 3.15. The summed E-state index contributed by atoms with van der Waals surface area (Å²) < 4.78 is 0. The van der Waals surface area contributed by atoms with Gasteiger partial charge in [-0.05, 0) is 29.7 Å². The van der Waals surface area contributed by atoms with Crippen LogP contribution >= 0.6 is 22.9 Å². The van der Waals surface area contributed by atoms with E-state index >= 15 is 0 Å². The van der Waals surface area contributed by atoms with Gasteiger partial charge in [0.1, 0.15) is 10.7 Å². The van der Waals surface area contributed by atoms with Crippen LogP contribution in [0.3, 0.4) is 0 Å². The number of halogens is 1. The van der Waals surface area contributed by atoms with Gasteiger partial charge < -0.3 is 4.90 Å². The Morgan fingerprint density at radius 1 is 1.21 bits per heavy atom. The highest BCUT2D eigenvalue weighted by Crippen LogP contribution is 2.30. The second kappa shape index (κ2) is 8.41. The third kappa shape index (κ3) is 4.78. The van der Waals surface area contributed by atoms with Gasteiger partial charge in [0, 0.05) is 47.4 Å². The lowest BCUT2D eigenvalue weighted by molar-refractivity contribution is 0.0591. The van der Waals surface area contributed by atoms with Crippen molar-refractivity contribution in [3.8, 4) is 10.6 Å². The number of pyridine rings is 1. The summed E-state index contributed by atoms with van der Waals surface area (Å²) in [6, 6.07) is 13.4. The minimum atomic E-state index is -0.103. The molecule has 2 heterocycles. The second-order valence-electron chi connectivity index (χ2n) is 7.87. The zero-order chi connectivity index (χ0) is 20.3. The molecule has 6 heteroatoms. The van der Waals surface area contributed by atoms with Gasteiger partial charge in [0.15, 0.2) is 0 Å². The summed E-state index contributed by atoms with van der Waals surface area (Å²) in [5, 5.41) is 3.26. The molecule has 2 aromatic heterocycles. The van der Waals surface area contributed by atoms with E-state index < -0.39 is 0 Å². The summed E-state index contributed by atoms with van der Waals surface area (Å²) in [5.74, 6) is -0.0830. The number of carbonyl (C=O) groups excluding carboxylic acids is 1. The van der Waals surface area contributed by atoms with Crippen LogP contribution in [0, 0.1) is 5.41 Å². The van der Waals surface area contributed by atoms with Crippen molar-refractivity contribution in [2.75, 3.05) is 7.05 Å². The fraction of sp³-hybridized carbons (Fsp3) is 0.318. The number of carbonyl (C=O) groups is 1. The number of amides is 1. The Morgan fingerprint density at radius 2 is 2.00 bits per heavy atom. The monoisotopic (exact) mass is 413 g/mol. The normalized spacial score (nSPS) is 12.6. The highest BCUT2D eigenvalue weighted by Gasteiger charge is 2.32. The molecular weight excluding hydrogens is 390 g/mol. The molecule has 0 saturated carbocycles. The summed E-state index contributed by atoms with van der Waals surface area (Å²) in [4.78, 5) is 24.0. The Kier molecular flexibility index (Phi) is 6.16. The molecule has 1 atom stereocenters. The maximum atomic E-state index is 13.2. The molecule has 3 rings (SSSR count). The number of likely N-dealkylation sites (N-methyl/N-ethyl adjacent to an activating group) is 1. The third-order valence-electron chi connectivity index (χ3n) is 4.71. The van der Waals surface area contributed by atoms with E-state index in [0.29, 0.717) is 17.1 Å².